The third kappa shape index (κ3) is 2.87. The zero-order valence-corrected chi connectivity index (χ0v) is 8.33. The van der Waals surface area contributed by atoms with Gasteiger partial charge in [0.15, 0.2) is 0 Å². The van der Waals surface area contributed by atoms with Gasteiger partial charge in [0.25, 0.3) is 0 Å². The average Bonchev–Trinajstić information content (AvgIpc) is 2.14. The molecule has 72 valence electrons. The molecule has 0 unspecified atom stereocenters. The first kappa shape index (κ1) is 11.5. The van der Waals surface area contributed by atoms with E-state index in [4.69, 9.17) is 23.4 Å². The Hall–Kier alpha value is -0.473. The lowest BCUT2D eigenvalue weighted by atomic mass is 10.7. The second-order valence-electron chi connectivity index (χ2n) is 1.79. The van der Waals surface area contributed by atoms with Crippen LogP contribution in [0, 0.1) is 0 Å². The molecule has 12 heavy (non-hydrogen) atoms. The van der Waals surface area contributed by atoms with Gasteiger partial charge in [0.2, 0.25) is 0 Å². The fraction of sp³-hybridized carbons (Fsp3) is 0.800. The zero-order chi connectivity index (χ0) is 9.61. The summed E-state index contributed by atoms with van der Waals surface area (Å²) in [5.41, 5.74) is 5.02. The number of carbonyl (C=O) groups excluding carboxylic acids is 1. The van der Waals surface area contributed by atoms with Gasteiger partial charge in [-0.05, 0) is 0 Å². The van der Waals surface area contributed by atoms with Gasteiger partial charge >= 0.3 is 15.0 Å². The van der Waals surface area contributed by atoms with Crippen molar-refractivity contribution in [3.8, 4) is 0 Å². The van der Waals surface area contributed by atoms with E-state index in [1.165, 1.54) is 21.3 Å². The van der Waals surface area contributed by atoms with Gasteiger partial charge in [-0.25, -0.2) is 0 Å². The lowest BCUT2D eigenvalue weighted by Gasteiger charge is -2.21. The van der Waals surface area contributed by atoms with Crippen molar-refractivity contribution in [2.24, 2.45) is 5.73 Å². The van der Waals surface area contributed by atoms with Gasteiger partial charge < -0.3 is 23.4 Å². The highest BCUT2D eigenvalue weighted by Gasteiger charge is 2.46. The quantitative estimate of drug-likeness (QED) is 0.559. The summed E-state index contributed by atoms with van der Waals surface area (Å²) in [6.45, 7) is -0.231. The summed E-state index contributed by atoms with van der Waals surface area (Å²) in [5, 5.41) is 0. The largest absolute Gasteiger partial charge is 0.750 e. The lowest BCUT2D eigenvalue weighted by molar-refractivity contribution is -0.141. The summed E-state index contributed by atoms with van der Waals surface area (Å²) in [5.74, 6) is -0.618. The minimum absolute atomic E-state index is 0.231. The molecule has 0 atom stereocenters. The predicted molar refractivity (Wildman–Crippen MR) is 41.9 cm³/mol. The smallest absolute Gasteiger partial charge is 0.451 e. The Balaban J connectivity index is 4.19. The summed E-state index contributed by atoms with van der Waals surface area (Å²) in [4.78, 5) is 10.8. The van der Waals surface area contributed by atoms with Crippen LogP contribution in [0.2, 0.25) is 0 Å². The van der Waals surface area contributed by atoms with Crippen LogP contribution in [-0.4, -0.2) is 42.9 Å². The molecule has 0 saturated heterocycles. The van der Waals surface area contributed by atoms with E-state index in [9.17, 15) is 4.79 Å². The van der Waals surface area contributed by atoms with Crippen LogP contribution in [0.3, 0.4) is 0 Å². The van der Waals surface area contributed by atoms with Gasteiger partial charge in [0.05, 0.1) is 6.54 Å². The van der Waals surface area contributed by atoms with Gasteiger partial charge in [-0.15, -0.1) is 0 Å². The first-order chi connectivity index (χ1) is 5.64. The molecule has 0 heterocycles. The molecule has 0 spiro atoms. The topological polar surface area (TPSA) is 80.0 Å². The minimum atomic E-state index is -3.23. The normalized spacial score (nSPS) is 11.3. The molecular formula is C5H13NO5Si. The van der Waals surface area contributed by atoms with Crippen LogP contribution in [0.5, 0.6) is 0 Å². The van der Waals surface area contributed by atoms with Crippen molar-refractivity contribution in [2.45, 2.75) is 0 Å². The Morgan fingerprint density at radius 1 is 1.25 bits per heavy atom. The maximum absolute atomic E-state index is 10.8. The van der Waals surface area contributed by atoms with Crippen molar-refractivity contribution >= 4 is 15.0 Å². The highest BCUT2D eigenvalue weighted by Crippen LogP contribution is 2.07. The van der Waals surface area contributed by atoms with Crippen LogP contribution < -0.4 is 5.73 Å². The van der Waals surface area contributed by atoms with Crippen molar-refractivity contribution in [3.63, 3.8) is 0 Å². The molecule has 0 aromatic rings. The number of nitrogens with two attached hydrogens (primary N) is 1. The van der Waals surface area contributed by atoms with E-state index in [1.807, 2.05) is 0 Å². The third-order valence-corrected chi connectivity index (χ3v) is 3.13. The van der Waals surface area contributed by atoms with Crippen LogP contribution in [0.4, 0.5) is 0 Å². The van der Waals surface area contributed by atoms with E-state index in [0.717, 1.165) is 0 Å². The summed E-state index contributed by atoms with van der Waals surface area (Å²) in [6.07, 6.45) is 0. The maximum atomic E-state index is 10.8. The lowest BCUT2D eigenvalue weighted by Crippen LogP contribution is -2.49. The van der Waals surface area contributed by atoms with Crippen molar-refractivity contribution in [3.05, 3.63) is 0 Å². The van der Waals surface area contributed by atoms with E-state index >= 15 is 0 Å². The van der Waals surface area contributed by atoms with E-state index in [-0.39, 0.29) is 6.54 Å². The molecule has 2 N–H and O–H groups in total. The average molecular weight is 195 g/mol. The molecule has 0 aliphatic heterocycles. The van der Waals surface area contributed by atoms with Crippen LogP contribution >= 0.6 is 0 Å². The molecule has 0 aliphatic rings. The maximum Gasteiger partial charge on any atom is 0.750 e. The first-order valence-corrected chi connectivity index (χ1v) is 4.84. The van der Waals surface area contributed by atoms with Gasteiger partial charge in [0.1, 0.15) is 0 Å². The zero-order valence-electron chi connectivity index (χ0n) is 7.33. The standard InChI is InChI=1S/C5H13NO5Si/c1-8-12(9-2,10-3)11-5(7)4-6/h4,6H2,1-3H3. The molecule has 0 aromatic heterocycles. The summed E-state index contributed by atoms with van der Waals surface area (Å²) in [6, 6.07) is 0. The Morgan fingerprint density at radius 3 is 1.92 bits per heavy atom. The third-order valence-electron chi connectivity index (χ3n) is 1.16. The molecule has 0 rings (SSSR count). The fourth-order valence-corrected chi connectivity index (χ4v) is 1.67. The predicted octanol–water partition coefficient (Wildman–Crippen LogP) is -1.14. The molecule has 0 amide bonds. The molecule has 6 nitrogen and oxygen atoms in total. The van der Waals surface area contributed by atoms with Crippen molar-refractivity contribution in [2.75, 3.05) is 27.9 Å². The minimum Gasteiger partial charge on any atom is -0.451 e. The van der Waals surface area contributed by atoms with E-state index in [0.29, 0.717) is 0 Å². The van der Waals surface area contributed by atoms with Crippen molar-refractivity contribution in [1.29, 1.82) is 0 Å². The van der Waals surface area contributed by atoms with Crippen LogP contribution in [0.15, 0.2) is 0 Å². The first-order valence-electron chi connectivity index (χ1n) is 3.21. The molecule has 0 bridgehead atoms. The van der Waals surface area contributed by atoms with E-state index < -0.39 is 15.0 Å². The van der Waals surface area contributed by atoms with Gasteiger partial charge in [-0.1, -0.05) is 0 Å². The van der Waals surface area contributed by atoms with Crippen LogP contribution in [-0.2, 0) is 22.5 Å². The fourth-order valence-electron chi connectivity index (χ4n) is 0.556. The molecule has 0 saturated carbocycles. The number of hydrogen-bond donors (Lipinski definition) is 1. The van der Waals surface area contributed by atoms with Crippen LogP contribution in [0.1, 0.15) is 0 Å². The molecular weight excluding hydrogens is 182 g/mol. The molecule has 0 aliphatic carbocycles. The number of carbonyl (C=O) groups is 1. The Labute approximate surface area is 72.0 Å². The summed E-state index contributed by atoms with van der Waals surface area (Å²) < 4.78 is 19.2. The number of rotatable bonds is 5. The SMILES string of the molecule is CO[Si](OC)(OC)OC(=O)CN. The highest BCUT2D eigenvalue weighted by molar-refractivity contribution is 6.55. The van der Waals surface area contributed by atoms with Crippen LogP contribution in [0.25, 0.3) is 0 Å². The van der Waals surface area contributed by atoms with Gasteiger partial charge in [-0.2, -0.15) is 0 Å². The Morgan fingerprint density at radius 2 is 1.67 bits per heavy atom. The Kier molecular flexibility index (Phi) is 5.02. The van der Waals surface area contributed by atoms with Gasteiger partial charge in [-0.3, -0.25) is 4.79 Å². The van der Waals surface area contributed by atoms with Crippen molar-refractivity contribution in [1.82, 2.24) is 0 Å². The van der Waals surface area contributed by atoms with Gasteiger partial charge in [0, 0.05) is 21.3 Å². The molecule has 7 heteroatoms. The van der Waals surface area contributed by atoms with Crippen molar-refractivity contribution < 1.29 is 22.5 Å². The molecule has 0 radical (unpaired) electrons. The van der Waals surface area contributed by atoms with E-state index in [2.05, 4.69) is 0 Å². The monoisotopic (exact) mass is 195 g/mol. The summed E-state index contributed by atoms with van der Waals surface area (Å²) in [7, 11) is 0.778. The molecule has 0 aromatic carbocycles. The van der Waals surface area contributed by atoms with E-state index in [1.54, 1.807) is 0 Å². The Bertz CT molecular complexity index is 141. The number of hydrogen-bond acceptors (Lipinski definition) is 6. The second-order valence-corrected chi connectivity index (χ2v) is 4.22. The highest BCUT2D eigenvalue weighted by atomic mass is 28.4. The molecule has 0 fully saturated rings. The second kappa shape index (κ2) is 5.22. The summed E-state index contributed by atoms with van der Waals surface area (Å²) >= 11 is 0.